The molecule has 2 aromatic carbocycles. The van der Waals surface area contributed by atoms with Gasteiger partial charge in [0, 0.05) is 11.3 Å². The van der Waals surface area contributed by atoms with E-state index in [0.717, 1.165) is 18.2 Å². The smallest absolute Gasteiger partial charge is 0.340 e. The molecule has 4 nitrogen and oxygen atoms in total. The van der Waals surface area contributed by atoms with Crippen molar-refractivity contribution < 1.29 is 23.0 Å². The van der Waals surface area contributed by atoms with E-state index >= 15 is 0 Å². The van der Waals surface area contributed by atoms with Crippen LogP contribution in [0.15, 0.2) is 36.4 Å². The minimum atomic E-state index is -0.741. The van der Waals surface area contributed by atoms with E-state index in [1.54, 1.807) is 6.07 Å². The summed E-state index contributed by atoms with van der Waals surface area (Å²) < 4.78 is 36.4. The first-order valence-electron chi connectivity index (χ1n) is 6.06. The number of carbonyl (C=O) groups is 1. The minimum absolute atomic E-state index is 0.0511. The van der Waals surface area contributed by atoms with Crippen LogP contribution in [0.4, 0.5) is 14.5 Å². The zero-order valence-electron chi connectivity index (χ0n) is 11.2. The van der Waals surface area contributed by atoms with Crippen molar-refractivity contribution in [3.63, 3.8) is 0 Å². The second-order valence-electron chi connectivity index (χ2n) is 4.27. The Morgan fingerprint density at radius 3 is 2.67 bits per heavy atom. The van der Waals surface area contributed by atoms with Crippen LogP contribution in [0, 0.1) is 11.6 Å². The number of rotatable bonds is 4. The lowest BCUT2D eigenvalue weighted by Crippen LogP contribution is -2.09. The number of halogens is 2. The van der Waals surface area contributed by atoms with Crippen molar-refractivity contribution in [2.24, 2.45) is 0 Å². The zero-order valence-corrected chi connectivity index (χ0v) is 11.2. The molecular weight excluding hydrogens is 280 g/mol. The molecule has 0 radical (unpaired) electrons. The third kappa shape index (κ3) is 3.47. The van der Waals surface area contributed by atoms with Crippen LogP contribution < -0.4 is 10.5 Å². The van der Waals surface area contributed by atoms with Crippen LogP contribution in [0.1, 0.15) is 15.9 Å². The molecule has 0 saturated carbocycles. The highest BCUT2D eigenvalue weighted by Gasteiger charge is 2.14. The second kappa shape index (κ2) is 6.21. The van der Waals surface area contributed by atoms with Gasteiger partial charge in [0.1, 0.15) is 24.0 Å². The van der Waals surface area contributed by atoms with E-state index in [9.17, 15) is 13.6 Å². The highest BCUT2D eigenvalue weighted by Crippen LogP contribution is 2.21. The molecule has 0 amide bonds. The fourth-order valence-corrected chi connectivity index (χ4v) is 1.71. The predicted molar refractivity (Wildman–Crippen MR) is 72.9 cm³/mol. The highest BCUT2D eigenvalue weighted by molar-refractivity contribution is 5.95. The number of anilines is 1. The summed E-state index contributed by atoms with van der Waals surface area (Å²) in [6.45, 7) is -0.390. The van der Waals surface area contributed by atoms with Crippen molar-refractivity contribution in [1.29, 1.82) is 0 Å². The molecule has 0 heterocycles. The number of carbonyl (C=O) groups excluding carboxylic acids is 1. The second-order valence-corrected chi connectivity index (χ2v) is 4.27. The summed E-state index contributed by atoms with van der Waals surface area (Å²) in [7, 11) is 1.45. The normalized spacial score (nSPS) is 10.2. The molecule has 0 atom stereocenters. The number of methoxy groups -OCH3 is 1. The van der Waals surface area contributed by atoms with Gasteiger partial charge in [-0.25, -0.2) is 13.6 Å². The third-order valence-corrected chi connectivity index (χ3v) is 2.85. The summed E-state index contributed by atoms with van der Waals surface area (Å²) in [5.74, 6) is -1.56. The molecule has 0 bridgehead atoms. The lowest BCUT2D eigenvalue weighted by atomic mass is 10.1. The Balaban J connectivity index is 2.13. The van der Waals surface area contributed by atoms with E-state index in [2.05, 4.69) is 0 Å². The Morgan fingerprint density at radius 1 is 1.19 bits per heavy atom. The Morgan fingerprint density at radius 2 is 1.95 bits per heavy atom. The molecule has 0 fully saturated rings. The van der Waals surface area contributed by atoms with Crippen LogP contribution in [-0.4, -0.2) is 13.1 Å². The molecule has 0 aliphatic carbocycles. The Hall–Kier alpha value is -2.63. The SMILES string of the molecule is COc1ccc(N)c(C(=O)OCc2cc(F)ccc2F)c1. The van der Waals surface area contributed by atoms with Crippen LogP contribution in [-0.2, 0) is 11.3 Å². The maximum Gasteiger partial charge on any atom is 0.340 e. The van der Waals surface area contributed by atoms with Gasteiger partial charge in [-0.05, 0) is 36.4 Å². The molecule has 110 valence electrons. The van der Waals surface area contributed by atoms with Crippen LogP contribution >= 0.6 is 0 Å². The van der Waals surface area contributed by atoms with Gasteiger partial charge in [0.25, 0.3) is 0 Å². The number of nitrogen functional groups attached to an aromatic ring is 1. The summed E-state index contributed by atoms with van der Waals surface area (Å²) in [6.07, 6.45) is 0. The van der Waals surface area contributed by atoms with Gasteiger partial charge in [0.15, 0.2) is 0 Å². The summed E-state index contributed by atoms with van der Waals surface area (Å²) in [5.41, 5.74) is 5.94. The van der Waals surface area contributed by atoms with E-state index in [4.69, 9.17) is 15.2 Å². The zero-order chi connectivity index (χ0) is 15.4. The monoisotopic (exact) mass is 293 g/mol. The standard InChI is InChI=1S/C15H13F2NO3/c1-20-11-3-5-14(18)12(7-11)15(19)21-8-9-6-10(16)2-4-13(9)17/h2-7H,8,18H2,1H3. The van der Waals surface area contributed by atoms with E-state index < -0.39 is 17.6 Å². The van der Waals surface area contributed by atoms with Crippen molar-refractivity contribution in [3.05, 3.63) is 59.2 Å². The van der Waals surface area contributed by atoms with Gasteiger partial charge in [0.05, 0.1) is 12.7 Å². The van der Waals surface area contributed by atoms with E-state index in [1.807, 2.05) is 0 Å². The minimum Gasteiger partial charge on any atom is -0.497 e. The van der Waals surface area contributed by atoms with E-state index in [-0.39, 0.29) is 23.4 Å². The van der Waals surface area contributed by atoms with E-state index in [0.29, 0.717) is 5.75 Å². The number of hydrogen-bond donors (Lipinski definition) is 1. The number of ether oxygens (including phenoxy) is 2. The molecule has 0 aliphatic rings. The van der Waals surface area contributed by atoms with Crippen LogP contribution in [0.5, 0.6) is 5.75 Å². The largest absolute Gasteiger partial charge is 0.497 e. The van der Waals surface area contributed by atoms with Crippen LogP contribution in [0.25, 0.3) is 0 Å². The molecule has 2 N–H and O–H groups in total. The number of benzene rings is 2. The maximum absolute atomic E-state index is 13.4. The number of hydrogen-bond acceptors (Lipinski definition) is 4. The highest BCUT2D eigenvalue weighted by atomic mass is 19.1. The van der Waals surface area contributed by atoms with Crippen molar-refractivity contribution in [3.8, 4) is 5.75 Å². The van der Waals surface area contributed by atoms with E-state index in [1.165, 1.54) is 19.2 Å². The fraction of sp³-hybridized carbons (Fsp3) is 0.133. The molecular formula is C15H13F2NO3. The molecule has 0 saturated heterocycles. The van der Waals surface area contributed by atoms with Gasteiger partial charge in [-0.15, -0.1) is 0 Å². The van der Waals surface area contributed by atoms with Crippen molar-refractivity contribution in [2.75, 3.05) is 12.8 Å². The van der Waals surface area contributed by atoms with Gasteiger partial charge in [0.2, 0.25) is 0 Å². The molecule has 0 unspecified atom stereocenters. The fourth-order valence-electron chi connectivity index (χ4n) is 1.71. The quantitative estimate of drug-likeness (QED) is 0.695. The predicted octanol–water partition coefficient (Wildman–Crippen LogP) is 2.91. The number of esters is 1. The lowest BCUT2D eigenvalue weighted by molar-refractivity contribution is 0.0469. The Bertz CT molecular complexity index is 674. The van der Waals surface area contributed by atoms with Crippen molar-refractivity contribution in [2.45, 2.75) is 6.61 Å². The summed E-state index contributed by atoms with van der Waals surface area (Å²) in [4.78, 5) is 11.9. The molecule has 2 aromatic rings. The molecule has 6 heteroatoms. The van der Waals surface area contributed by atoms with Gasteiger partial charge in [-0.1, -0.05) is 0 Å². The van der Waals surface area contributed by atoms with Gasteiger partial charge < -0.3 is 15.2 Å². The maximum atomic E-state index is 13.4. The topological polar surface area (TPSA) is 61.5 Å². The Labute approximate surface area is 120 Å². The summed E-state index contributed by atoms with van der Waals surface area (Å²) in [6, 6.07) is 7.44. The van der Waals surface area contributed by atoms with Crippen LogP contribution in [0.3, 0.4) is 0 Å². The summed E-state index contributed by atoms with van der Waals surface area (Å²) >= 11 is 0. The molecule has 21 heavy (non-hydrogen) atoms. The van der Waals surface area contributed by atoms with Crippen molar-refractivity contribution >= 4 is 11.7 Å². The molecule has 0 aliphatic heterocycles. The van der Waals surface area contributed by atoms with Gasteiger partial charge >= 0.3 is 5.97 Å². The van der Waals surface area contributed by atoms with Crippen LogP contribution in [0.2, 0.25) is 0 Å². The Kier molecular flexibility index (Phi) is 4.37. The van der Waals surface area contributed by atoms with Gasteiger partial charge in [-0.2, -0.15) is 0 Å². The first kappa shape index (κ1) is 14.8. The number of nitrogens with two attached hydrogens (primary N) is 1. The average molecular weight is 293 g/mol. The first-order valence-corrected chi connectivity index (χ1v) is 6.06. The summed E-state index contributed by atoms with van der Waals surface area (Å²) in [5, 5.41) is 0. The lowest BCUT2D eigenvalue weighted by Gasteiger charge is -2.09. The third-order valence-electron chi connectivity index (χ3n) is 2.85. The van der Waals surface area contributed by atoms with Gasteiger partial charge in [-0.3, -0.25) is 0 Å². The molecule has 2 rings (SSSR count). The first-order chi connectivity index (χ1) is 10.0. The molecule has 0 spiro atoms. The molecule has 0 aromatic heterocycles. The average Bonchev–Trinajstić information content (AvgIpc) is 2.48. The van der Waals surface area contributed by atoms with Crippen molar-refractivity contribution in [1.82, 2.24) is 0 Å².